The van der Waals surface area contributed by atoms with E-state index in [2.05, 4.69) is 10.6 Å². The molecular weight excluding hydrogens is 369 g/mol. The third-order valence-corrected chi connectivity index (χ3v) is 5.33. The summed E-state index contributed by atoms with van der Waals surface area (Å²) in [7, 11) is -3.71. The highest BCUT2D eigenvalue weighted by atomic mass is 32.2. The molecule has 1 unspecified atom stereocenters. The fourth-order valence-electron chi connectivity index (χ4n) is 2.74. The lowest BCUT2D eigenvalue weighted by Crippen LogP contribution is -2.39. The summed E-state index contributed by atoms with van der Waals surface area (Å²) in [6.45, 7) is 0.495. The molecule has 8 heteroatoms. The van der Waals surface area contributed by atoms with Crippen molar-refractivity contribution in [1.29, 1.82) is 0 Å². The number of rotatable bonds is 8. The zero-order valence-corrected chi connectivity index (χ0v) is 15.5. The van der Waals surface area contributed by atoms with Gasteiger partial charge in [0, 0.05) is 12.6 Å². The van der Waals surface area contributed by atoms with E-state index in [1.165, 1.54) is 24.3 Å². The van der Waals surface area contributed by atoms with E-state index < -0.39 is 16.1 Å². The zero-order valence-electron chi connectivity index (χ0n) is 14.7. The van der Waals surface area contributed by atoms with Crippen LogP contribution < -0.4 is 15.8 Å². The molecule has 27 heavy (non-hydrogen) atoms. The Kier molecular flexibility index (Phi) is 5.88. The Morgan fingerprint density at radius 3 is 2.30 bits per heavy atom. The number of amides is 1. The molecule has 6 nitrogen and oxygen atoms in total. The third-order valence-electron chi connectivity index (χ3n) is 4.40. The first-order valence-corrected chi connectivity index (χ1v) is 10.3. The highest BCUT2D eigenvalue weighted by Gasteiger charge is 2.28. The highest BCUT2D eigenvalue weighted by Crippen LogP contribution is 2.21. The average Bonchev–Trinajstić information content (AvgIpc) is 3.43. The van der Waals surface area contributed by atoms with Crippen molar-refractivity contribution in [2.24, 2.45) is 5.14 Å². The molecule has 0 aliphatic heterocycles. The van der Waals surface area contributed by atoms with Crippen molar-refractivity contribution >= 4 is 15.9 Å². The Balaban J connectivity index is 1.63. The molecule has 0 heterocycles. The van der Waals surface area contributed by atoms with Gasteiger partial charge >= 0.3 is 0 Å². The van der Waals surface area contributed by atoms with Crippen LogP contribution in [0.4, 0.5) is 4.39 Å². The maximum atomic E-state index is 13.2. The monoisotopic (exact) mass is 391 g/mol. The number of nitrogens with two attached hydrogens (primary N) is 1. The van der Waals surface area contributed by atoms with E-state index in [1.807, 2.05) is 0 Å². The molecule has 3 rings (SSSR count). The number of halogens is 1. The third kappa shape index (κ3) is 5.59. The molecule has 144 valence electrons. The lowest BCUT2D eigenvalue weighted by Gasteiger charge is -2.19. The summed E-state index contributed by atoms with van der Waals surface area (Å²) in [4.78, 5) is 12.6. The molecule has 0 bridgehead atoms. The first-order chi connectivity index (χ1) is 12.8. The van der Waals surface area contributed by atoms with E-state index in [0.717, 1.165) is 18.4 Å². The number of hydrogen-bond acceptors (Lipinski definition) is 4. The van der Waals surface area contributed by atoms with Crippen LogP contribution in [-0.2, 0) is 21.2 Å². The number of primary sulfonamides is 1. The van der Waals surface area contributed by atoms with Crippen LogP contribution >= 0.6 is 0 Å². The molecule has 0 radical (unpaired) electrons. The quantitative estimate of drug-likeness (QED) is 0.636. The van der Waals surface area contributed by atoms with Crippen LogP contribution in [0, 0.1) is 5.82 Å². The van der Waals surface area contributed by atoms with Crippen LogP contribution in [-0.4, -0.2) is 26.9 Å². The molecule has 2 aromatic carbocycles. The van der Waals surface area contributed by atoms with Crippen LogP contribution in [0.2, 0.25) is 0 Å². The highest BCUT2D eigenvalue weighted by molar-refractivity contribution is 7.89. The maximum Gasteiger partial charge on any atom is 0.241 e. The van der Waals surface area contributed by atoms with Gasteiger partial charge in [0.15, 0.2) is 0 Å². The Morgan fingerprint density at radius 2 is 1.74 bits per heavy atom. The van der Waals surface area contributed by atoms with Crippen molar-refractivity contribution in [1.82, 2.24) is 10.6 Å². The van der Waals surface area contributed by atoms with Gasteiger partial charge in [-0.25, -0.2) is 17.9 Å². The summed E-state index contributed by atoms with van der Waals surface area (Å²) in [5.74, 6) is -0.483. The molecule has 1 amide bonds. The van der Waals surface area contributed by atoms with E-state index >= 15 is 0 Å². The molecule has 1 fully saturated rings. The standard InChI is InChI=1S/C19H22FN3O3S/c20-15-5-3-14(4-6-15)18(19(24)23-16-7-8-16)22-12-11-13-1-9-17(10-2-13)27(21,25)26/h1-6,9-10,16,18,22H,7-8,11-12H2,(H,23,24)(H2,21,25,26). The molecule has 0 spiro atoms. The molecule has 0 saturated heterocycles. The van der Waals surface area contributed by atoms with Crippen molar-refractivity contribution in [2.75, 3.05) is 6.54 Å². The maximum absolute atomic E-state index is 13.2. The van der Waals surface area contributed by atoms with Gasteiger partial charge in [-0.3, -0.25) is 4.79 Å². The topological polar surface area (TPSA) is 101 Å². The zero-order chi connectivity index (χ0) is 19.4. The minimum absolute atomic E-state index is 0.0622. The van der Waals surface area contributed by atoms with E-state index in [9.17, 15) is 17.6 Å². The van der Waals surface area contributed by atoms with Gasteiger partial charge in [0.05, 0.1) is 4.90 Å². The molecule has 2 aromatic rings. The summed E-state index contributed by atoms with van der Waals surface area (Å²) in [6.07, 6.45) is 2.57. The van der Waals surface area contributed by atoms with E-state index in [4.69, 9.17) is 5.14 Å². The van der Waals surface area contributed by atoms with Crippen LogP contribution in [0.15, 0.2) is 53.4 Å². The Morgan fingerprint density at radius 1 is 1.11 bits per heavy atom. The molecule has 4 N–H and O–H groups in total. The fraction of sp³-hybridized carbons (Fsp3) is 0.316. The van der Waals surface area contributed by atoms with Crippen molar-refractivity contribution in [3.05, 3.63) is 65.5 Å². The molecule has 1 atom stereocenters. The molecule has 0 aromatic heterocycles. The van der Waals surface area contributed by atoms with Crippen molar-refractivity contribution in [2.45, 2.75) is 36.2 Å². The normalized spacial score (nSPS) is 15.3. The number of nitrogens with one attached hydrogen (secondary N) is 2. The van der Waals surface area contributed by atoms with Crippen molar-refractivity contribution < 1.29 is 17.6 Å². The fourth-order valence-corrected chi connectivity index (χ4v) is 3.25. The lowest BCUT2D eigenvalue weighted by atomic mass is 10.1. The van der Waals surface area contributed by atoms with Gasteiger partial charge in [-0.15, -0.1) is 0 Å². The van der Waals surface area contributed by atoms with Crippen molar-refractivity contribution in [3.63, 3.8) is 0 Å². The first-order valence-electron chi connectivity index (χ1n) is 8.74. The van der Waals surface area contributed by atoms with Gasteiger partial charge in [-0.05, 0) is 54.7 Å². The first kappa shape index (κ1) is 19.5. The Labute approximate surface area is 158 Å². The van der Waals surface area contributed by atoms with Gasteiger partial charge in [0.1, 0.15) is 11.9 Å². The summed E-state index contributed by atoms with van der Waals surface area (Å²) in [5.41, 5.74) is 1.61. The van der Waals surface area contributed by atoms with E-state index in [-0.39, 0.29) is 22.7 Å². The Bertz CT molecular complexity index is 895. The second-order valence-electron chi connectivity index (χ2n) is 6.66. The van der Waals surface area contributed by atoms with Gasteiger partial charge in [-0.1, -0.05) is 24.3 Å². The van der Waals surface area contributed by atoms with Crippen LogP contribution in [0.25, 0.3) is 0 Å². The summed E-state index contributed by atoms with van der Waals surface area (Å²) >= 11 is 0. The predicted octanol–water partition coefficient (Wildman–Crippen LogP) is 1.63. The van der Waals surface area contributed by atoms with Gasteiger partial charge in [0.25, 0.3) is 0 Å². The summed E-state index contributed by atoms with van der Waals surface area (Å²) in [5, 5.41) is 11.3. The summed E-state index contributed by atoms with van der Waals surface area (Å²) < 4.78 is 35.8. The SMILES string of the molecule is NS(=O)(=O)c1ccc(CCNC(C(=O)NC2CC2)c2ccc(F)cc2)cc1. The van der Waals surface area contributed by atoms with Crippen LogP contribution in [0.5, 0.6) is 0 Å². The summed E-state index contributed by atoms with van der Waals surface area (Å²) in [6, 6.07) is 11.8. The average molecular weight is 391 g/mol. The minimum Gasteiger partial charge on any atom is -0.352 e. The second-order valence-corrected chi connectivity index (χ2v) is 8.22. The molecule has 1 aliphatic rings. The lowest BCUT2D eigenvalue weighted by molar-refractivity contribution is -0.123. The number of carbonyl (C=O) groups excluding carboxylic acids is 1. The number of hydrogen-bond donors (Lipinski definition) is 3. The number of benzene rings is 2. The van der Waals surface area contributed by atoms with Crippen molar-refractivity contribution in [3.8, 4) is 0 Å². The predicted molar refractivity (Wildman–Crippen MR) is 99.8 cm³/mol. The second kappa shape index (κ2) is 8.16. The van der Waals surface area contributed by atoms with Gasteiger partial charge < -0.3 is 10.6 Å². The Hall–Kier alpha value is -2.29. The molecular formula is C19H22FN3O3S. The van der Waals surface area contributed by atoms with E-state index in [0.29, 0.717) is 18.5 Å². The van der Waals surface area contributed by atoms with Gasteiger partial charge in [-0.2, -0.15) is 0 Å². The van der Waals surface area contributed by atoms with Crippen LogP contribution in [0.3, 0.4) is 0 Å². The largest absolute Gasteiger partial charge is 0.352 e. The molecule has 1 aliphatic carbocycles. The van der Waals surface area contributed by atoms with Gasteiger partial charge in [0.2, 0.25) is 15.9 Å². The number of carbonyl (C=O) groups is 1. The molecule has 1 saturated carbocycles. The van der Waals surface area contributed by atoms with Crippen LogP contribution in [0.1, 0.15) is 30.0 Å². The number of sulfonamides is 1. The smallest absolute Gasteiger partial charge is 0.241 e. The minimum atomic E-state index is -3.71. The van der Waals surface area contributed by atoms with E-state index in [1.54, 1.807) is 24.3 Å².